The van der Waals surface area contributed by atoms with Gasteiger partial charge in [0.2, 0.25) is 5.91 Å². The van der Waals surface area contributed by atoms with E-state index >= 15 is 0 Å². The lowest BCUT2D eigenvalue weighted by Crippen LogP contribution is -2.40. The van der Waals surface area contributed by atoms with E-state index < -0.39 is 12.0 Å². The highest BCUT2D eigenvalue weighted by atomic mass is 16.4. The van der Waals surface area contributed by atoms with Crippen molar-refractivity contribution in [2.45, 2.75) is 59.4 Å². The van der Waals surface area contributed by atoms with Crippen LogP contribution in [0.4, 0.5) is 0 Å². The first-order chi connectivity index (χ1) is 9.85. The molecule has 0 saturated carbocycles. The van der Waals surface area contributed by atoms with Crippen molar-refractivity contribution in [1.29, 1.82) is 0 Å². The molecule has 21 heavy (non-hydrogen) atoms. The number of aliphatic carboxylic acids is 1. The van der Waals surface area contributed by atoms with Gasteiger partial charge in [-0.15, -0.1) is 0 Å². The summed E-state index contributed by atoms with van der Waals surface area (Å²) in [7, 11) is 0. The summed E-state index contributed by atoms with van der Waals surface area (Å²) in [6.07, 6.45) is 2.33. The second-order valence-electron chi connectivity index (χ2n) is 5.60. The lowest BCUT2D eigenvalue weighted by Gasteiger charge is -2.13. The van der Waals surface area contributed by atoms with E-state index in [1.165, 1.54) is 22.3 Å². The van der Waals surface area contributed by atoms with Crippen LogP contribution in [0.15, 0.2) is 12.1 Å². The predicted molar refractivity (Wildman–Crippen MR) is 83.4 cm³/mol. The normalized spacial score (nSPS) is 12.0. The lowest BCUT2D eigenvalue weighted by atomic mass is 9.95. The first kappa shape index (κ1) is 17.2. The van der Waals surface area contributed by atoms with E-state index in [0.717, 1.165) is 12.8 Å². The first-order valence-corrected chi connectivity index (χ1v) is 7.44. The molecule has 0 radical (unpaired) electrons. The molecule has 0 heterocycles. The van der Waals surface area contributed by atoms with Crippen molar-refractivity contribution in [3.8, 4) is 0 Å². The Balaban J connectivity index is 2.51. The average Bonchev–Trinajstić information content (AvgIpc) is 2.38. The number of carbonyl (C=O) groups excluding carboxylic acids is 1. The predicted octanol–water partition coefficient (Wildman–Crippen LogP) is 2.91. The minimum absolute atomic E-state index is 0.188. The number of carbonyl (C=O) groups is 2. The van der Waals surface area contributed by atoms with Gasteiger partial charge in [0.05, 0.1) is 0 Å². The monoisotopic (exact) mass is 291 g/mol. The highest BCUT2D eigenvalue weighted by Crippen LogP contribution is 2.18. The zero-order valence-electron chi connectivity index (χ0n) is 13.3. The summed E-state index contributed by atoms with van der Waals surface area (Å²) in [5, 5.41) is 11.5. The maximum Gasteiger partial charge on any atom is 0.326 e. The van der Waals surface area contributed by atoms with Crippen molar-refractivity contribution in [1.82, 2.24) is 5.32 Å². The van der Waals surface area contributed by atoms with Crippen LogP contribution in [0.3, 0.4) is 0 Å². The molecule has 0 bridgehead atoms. The summed E-state index contributed by atoms with van der Waals surface area (Å²) in [6.45, 7) is 8.01. The van der Waals surface area contributed by atoms with Crippen molar-refractivity contribution in [2.75, 3.05) is 0 Å². The van der Waals surface area contributed by atoms with Gasteiger partial charge in [0.1, 0.15) is 6.04 Å². The van der Waals surface area contributed by atoms with Gasteiger partial charge < -0.3 is 10.4 Å². The second-order valence-corrected chi connectivity index (χ2v) is 5.60. The van der Waals surface area contributed by atoms with E-state index in [1.54, 1.807) is 6.92 Å². The van der Waals surface area contributed by atoms with Crippen LogP contribution in [0.2, 0.25) is 0 Å². The molecule has 0 aromatic heterocycles. The smallest absolute Gasteiger partial charge is 0.326 e. The fraction of sp³-hybridized carbons (Fsp3) is 0.529. The van der Waals surface area contributed by atoms with E-state index in [2.05, 4.69) is 38.2 Å². The molecule has 0 aliphatic carbocycles. The first-order valence-electron chi connectivity index (χ1n) is 7.44. The highest BCUT2D eigenvalue weighted by Gasteiger charge is 2.17. The van der Waals surface area contributed by atoms with E-state index in [-0.39, 0.29) is 5.91 Å². The molecule has 0 aliphatic heterocycles. The number of hydrogen-bond acceptors (Lipinski definition) is 2. The third kappa shape index (κ3) is 5.21. The van der Waals surface area contributed by atoms with E-state index in [4.69, 9.17) is 5.11 Å². The average molecular weight is 291 g/mol. The molecular weight excluding hydrogens is 266 g/mol. The number of carboxylic acids is 1. The maximum absolute atomic E-state index is 11.8. The number of nitrogens with one attached hydrogen (secondary N) is 1. The second kappa shape index (κ2) is 7.81. The van der Waals surface area contributed by atoms with Crippen molar-refractivity contribution < 1.29 is 14.7 Å². The van der Waals surface area contributed by atoms with Gasteiger partial charge in [-0.3, -0.25) is 4.79 Å². The van der Waals surface area contributed by atoms with Crippen LogP contribution in [0, 0.1) is 20.8 Å². The Hall–Kier alpha value is -1.84. The molecule has 116 valence electrons. The molecular formula is C17H25NO3. The number of amides is 1. The third-order valence-electron chi connectivity index (χ3n) is 3.71. The summed E-state index contributed by atoms with van der Waals surface area (Å²) >= 11 is 0. The molecule has 4 nitrogen and oxygen atoms in total. The van der Waals surface area contributed by atoms with Crippen LogP contribution in [0.5, 0.6) is 0 Å². The molecule has 1 aromatic rings. The van der Waals surface area contributed by atoms with Gasteiger partial charge in [-0.1, -0.05) is 24.6 Å². The van der Waals surface area contributed by atoms with Crippen molar-refractivity contribution in [2.24, 2.45) is 0 Å². The largest absolute Gasteiger partial charge is 0.480 e. The Morgan fingerprint density at radius 3 is 2.24 bits per heavy atom. The zero-order valence-corrected chi connectivity index (χ0v) is 13.3. The summed E-state index contributed by atoms with van der Waals surface area (Å²) in [5.74, 6) is -1.16. The van der Waals surface area contributed by atoms with Crippen LogP contribution in [-0.2, 0) is 16.0 Å². The molecule has 1 unspecified atom stereocenters. The fourth-order valence-electron chi connectivity index (χ4n) is 2.63. The van der Waals surface area contributed by atoms with Crippen LogP contribution in [0.1, 0.15) is 48.4 Å². The number of carboxylic acid groups (broad SMARTS) is 1. The Morgan fingerprint density at radius 2 is 1.76 bits per heavy atom. The SMILES string of the molecule is CCC(NC(=O)CCCc1c(C)cc(C)cc1C)C(=O)O. The van der Waals surface area contributed by atoms with Crippen LogP contribution < -0.4 is 5.32 Å². The standard InChI is InChI=1S/C17H25NO3/c1-5-15(17(20)21)18-16(19)8-6-7-14-12(3)9-11(2)10-13(14)4/h9-10,15H,5-8H2,1-4H3,(H,18,19)(H,20,21). The summed E-state index contributed by atoms with van der Waals surface area (Å²) in [6, 6.07) is 3.53. The summed E-state index contributed by atoms with van der Waals surface area (Å²) < 4.78 is 0. The number of aryl methyl sites for hydroxylation is 3. The molecule has 1 atom stereocenters. The minimum atomic E-state index is -0.976. The zero-order chi connectivity index (χ0) is 16.0. The number of hydrogen-bond donors (Lipinski definition) is 2. The number of rotatable bonds is 7. The Labute approximate surface area is 126 Å². The molecule has 2 N–H and O–H groups in total. The number of benzene rings is 1. The third-order valence-corrected chi connectivity index (χ3v) is 3.71. The van der Waals surface area contributed by atoms with Gasteiger partial charge in [-0.2, -0.15) is 0 Å². The van der Waals surface area contributed by atoms with Crippen molar-refractivity contribution in [3.63, 3.8) is 0 Å². The van der Waals surface area contributed by atoms with E-state index in [9.17, 15) is 9.59 Å². The Bertz CT molecular complexity index is 500. The molecule has 4 heteroatoms. The highest BCUT2D eigenvalue weighted by molar-refractivity contribution is 5.83. The Morgan fingerprint density at radius 1 is 1.19 bits per heavy atom. The molecule has 0 aliphatic rings. The van der Waals surface area contributed by atoms with Gasteiger partial charge in [0.15, 0.2) is 0 Å². The molecule has 0 fully saturated rings. The van der Waals surface area contributed by atoms with Crippen LogP contribution in [-0.4, -0.2) is 23.0 Å². The van der Waals surface area contributed by atoms with E-state index in [0.29, 0.717) is 12.8 Å². The Kier molecular flexibility index (Phi) is 6.40. The molecule has 1 rings (SSSR count). The van der Waals surface area contributed by atoms with Gasteiger partial charge in [-0.25, -0.2) is 4.79 Å². The summed E-state index contributed by atoms with van der Waals surface area (Å²) in [5.41, 5.74) is 5.05. The van der Waals surface area contributed by atoms with Gasteiger partial charge in [0.25, 0.3) is 0 Å². The van der Waals surface area contributed by atoms with Gasteiger partial charge >= 0.3 is 5.97 Å². The van der Waals surface area contributed by atoms with Gasteiger partial charge in [0, 0.05) is 6.42 Å². The van der Waals surface area contributed by atoms with Crippen LogP contribution in [0.25, 0.3) is 0 Å². The molecule has 0 spiro atoms. The minimum Gasteiger partial charge on any atom is -0.480 e. The lowest BCUT2D eigenvalue weighted by molar-refractivity contribution is -0.141. The maximum atomic E-state index is 11.8. The molecule has 1 aromatic carbocycles. The van der Waals surface area contributed by atoms with Crippen molar-refractivity contribution >= 4 is 11.9 Å². The van der Waals surface area contributed by atoms with Crippen LogP contribution >= 0.6 is 0 Å². The fourth-order valence-corrected chi connectivity index (χ4v) is 2.63. The van der Waals surface area contributed by atoms with Crippen molar-refractivity contribution in [3.05, 3.63) is 34.4 Å². The topological polar surface area (TPSA) is 66.4 Å². The quantitative estimate of drug-likeness (QED) is 0.811. The molecule has 0 saturated heterocycles. The summed E-state index contributed by atoms with van der Waals surface area (Å²) in [4.78, 5) is 22.6. The van der Waals surface area contributed by atoms with Gasteiger partial charge in [-0.05, 0) is 56.7 Å². The van der Waals surface area contributed by atoms with E-state index in [1.807, 2.05) is 0 Å². The molecule has 1 amide bonds.